The summed E-state index contributed by atoms with van der Waals surface area (Å²) < 4.78 is 107. The molecule has 1 N–H and O–H groups in total. The smallest absolute Gasteiger partial charge is 0.279 e. The van der Waals surface area contributed by atoms with E-state index in [2.05, 4.69) is 0 Å². The van der Waals surface area contributed by atoms with Crippen molar-refractivity contribution >= 4 is 24.1 Å². The average Bonchev–Trinajstić information content (AvgIpc) is 1.98. The molecule has 0 aromatic rings. The Morgan fingerprint density at radius 1 is 0.750 bits per heavy atom. The van der Waals surface area contributed by atoms with Gasteiger partial charge in [0.15, 0.2) is 0 Å². The summed E-state index contributed by atoms with van der Waals surface area (Å²) in [5.41, 5.74) is -12.6. The maximum atomic E-state index is 11.6. The van der Waals surface area contributed by atoms with Crippen molar-refractivity contribution in [3.05, 3.63) is 0 Å². The number of rotatable bonds is 0. The zero-order valence-electron chi connectivity index (χ0n) is 6.72. The highest BCUT2D eigenvalue weighted by atomic mass is 32.3. The van der Waals surface area contributed by atoms with Gasteiger partial charge in [-0.15, -0.1) is 0 Å². The van der Waals surface area contributed by atoms with Crippen LogP contribution in [0.15, 0.2) is 0 Å². The molecule has 0 spiro atoms. The molecule has 0 aliphatic carbocycles. The summed E-state index contributed by atoms with van der Waals surface area (Å²) in [5, 5.41) is 5.99. The highest BCUT2D eigenvalue weighted by molar-refractivity contribution is 8.31. The molecule has 0 unspecified atom stereocenters. The second-order valence-electron chi connectivity index (χ2n) is 2.19. The molecule has 0 bridgehead atoms. The lowest BCUT2D eigenvalue weighted by Crippen LogP contribution is -2.40. The van der Waals surface area contributed by atoms with Crippen LogP contribution in [0.4, 0.5) is 26.3 Å². The molecular formula is C3HF6NO4S2. The Balaban J connectivity index is 5.81. The minimum absolute atomic E-state index is 3.44. The van der Waals surface area contributed by atoms with Crippen molar-refractivity contribution < 1.29 is 43.2 Å². The zero-order chi connectivity index (χ0) is 13.6. The number of alkyl halides is 6. The molecule has 0 amide bonds. The van der Waals surface area contributed by atoms with Gasteiger partial charge in [0.1, 0.15) is 0 Å². The van der Waals surface area contributed by atoms with E-state index in [1.165, 1.54) is 0 Å². The van der Waals surface area contributed by atoms with Crippen molar-refractivity contribution in [2.75, 3.05) is 0 Å². The van der Waals surface area contributed by atoms with E-state index in [9.17, 15) is 43.2 Å². The SMILES string of the molecule is N=C(S(=O)(=O)C(F)(F)F)S(=O)(=O)C(F)(F)F. The molecule has 96 valence electrons. The summed E-state index contributed by atoms with van der Waals surface area (Å²) in [6.07, 6.45) is 0. The Kier molecular flexibility index (Phi) is 3.39. The van der Waals surface area contributed by atoms with Crippen LogP contribution in [0.3, 0.4) is 0 Å². The Morgan fingerprint density at radius 3 is 1.06 bits per heavy atom. The van der Waals surface area contributed by atoms with Crippen LogP contribution < -0.4 is 0 Å². The first-order chi connectivity index (χ1) is 6.65. The molecular weight excluding hydrogens is 292 g/mol. The molecule has 0 saturated heterocycles. The molecule has 0 aliphatic heterocycles. The van der Waals surface area contributed by atoms with Crippen molar-refractivity contribution in [2.45, 2.75) is 11.0 Å². The quantitative estimate of drug-likeness (QED) is 0.406. The number of hydrogen-bond acceptors (Lipinski definition) is 5. The zero-order valence-corrected chi connectivity index (χ0v) is 8.35. The Bertz CT molecular complexity index is 449. The molecule has 0 radical (unpaired) electrons. The summed E-state index contributed by atoms with van der Waals surface area (Å²) in [7, 11) is -13.7. The molecule has 0 heterocycles. The van der Waals surface area contributed by atoms with Crippen LogP contribution >= 0.6 is 0 Å². The van der Waals surface area contributed by atoms with E-state index < -0.39 is 35.1 Å². The normalized spacial score (nSPS) is 14.9. The maximum absolute atomic E-state index is 11.6. The topological polar surface area (TPSA) is 92.1 Å². The van der Waals surface area contributed by atoms with Gasteiger partial charge in [-0.25, -0.2) is 16.8 Å². The van der Waals surface area contributed by atoms with E-state index in [0.29, 0.717) is 0 Å². The van der Waals surface area contributed by atoms with E-state index in [-0.39, 0.29) is 0 Å². The van der Waals surface area contributed by atoms with Crippen LogP contribution in [0.25, 0.3) is 0 Å². The molecule has 0 saturated carbocycles. The lowest BCUT2D eigenvalue weighted by atomic mass is 11.5. The third-order valence-corrected chi connectivity index (χ3v) is 4.61. The van der Waals surface area contributed by atoms with Gasteiger partial charge >= 0.3 is 30.7 Å². The van der Waals surface area contributed by atoms with Crippen molar-refractivity contribution in [3.8, 4) is 0 Å². The van der Waals surface area contributed by atoms with E-state index in [0.717, 1.165) is 0 Å². The van der Waals surface area contributed by atoms with Gasteiger partial charge in [0.05, 0.1) is 0 Å². The lowest BCUT2D eigenvalue weighted by Gasteiger charge is -2.11. The number of nitrogens with one attached hydrogen (secondary N) is 1. The monoisotopic (exact) mass is 293 g/mol. The maximum Gasteiger partial charge on any atom is 0.504 e. The minimum atomic E-state index is -6.84. The van der Waals surface area contributed by atoms with Crippen LogP contribution in [-0.4, -0.2) is 32.2 Å². The first kappa shape index (κ1) is 15.2. The Hall–Kier alpha value is -0.850. The minimum Gasteiger partial charge on any atom is -0.279 e. The van der Waals surface area contributed by atoms with Crippen molar-refractivity contribution in [2.24, 2.45) is 0 Å². The van der Waals surface area contributed by atoms with Crippen molar-refractivity contribution in [3.63, 3.8) is 0 Å². The molecule has 16 heavy (non-hydrogen) atoms. The van der Waals surface area contributed by atoms with E-state index in [4.69, 9.17) is 5.41 Å². The standard InChI is InChI=1S/C3HF6NO4S2/c4-2(5,6)15(11,12)1(10)16(13,14)3(7,8)9/h10H. The predicted molar refractivity (Wildman–Crippen MR) is 37.7 cm³/mol. The third-order valence-electron chi connectivity index (χ3n) is 1.10. The first-order valence-electron chi connectivity index (χ1n) is 2.87. The molecule has 0 aliphatic rings. The van der Waals surface area contributed by atoms with Crippen LogP contribution in [0.5, 0.6) is 0 Å². The van der Waals surface area contributed by atoms with Crippen LogP contribution in [-0.2, 0) is 19.7 Å². The Morgan fingerprint density at radius 2 is 0.938 bits per heavy atom. The molecule has 13 heteroatoms. The fraction of sp³-hybridized carbons (Fsp3) is 0.667. The fourth-order valence-corrected chi connectivity index (χ4v) is 2.50. The van der Waals surface area contributed by atoms with Gasteiger partial charge in [-0.05, 0) is 0 Å². The number of halogens is 6. The lowest BCUT2D eigenvalue weighted by molar-refractivity contribution is -0.0428. The van der Waals surface area contributed by atoms with Gasteiger partial charge in [0.25, 0.3) is 4.38 Å². The summed E-state index contributed by atoms with van der Waals surface area (Å²) in [5.74, 6) is 0. The van der Waals surface area contributed by atoms with Crippen LogP contribution in [0.1, 0.15) is 0 Å². The highest BCUT2D eigenvalue weighted by Gasteiger charge is 2.60. The van der Waals surface area contributed by atoms with Gasteiger partial charge in [-0.2, -0.15) is 26.3 Å². The van der Waals surface area contributed by atoms with Crippen LogP contribution in [0, 0.1) is 5.41 Å². The first-order valence-corrected chi connectivity index (χ1v) is 5.83. The summed E-state index contributed by atoms with van der Waals surface area (Å²) >= 11 is 0. The summed E-state index contributed by atoms with van der Waals surface area (Å²) in [4.78, 5) is 0. The van der Waals surface area contributed by atoms with Gasteiger partial charge in [-0.1, -0.05) is 0 Å². The van der Waals surface area contributed by atoms with Crippen molar-refractivity contribution in [1.29, 1.82) is 5.41 Å². The number of sulfone groups is 2. The molecule has 0 rings (SSSR count). The molecule has 0 aromatic heterocycles. The summed E-state index contributed by atoms with van der Waals surface area (Å²) in [6, 6.07) is 0. The molecule has 5 nitrogen and oxygen atoms in total. The van der Waals surface area contributed by atoms with Gasteiger partial charge < -0.3 is 0 Å². The molecule has 0 fully saturated rings. The second kappa shape index (κ2) is 3.58. The Labute approximate surface area is 84.4 Å². The highest BCUT2D eigenvalue weighted by Crippen LogP contribution is 2.32. The van der Waals surface area contributed by atoms with Crippen molar-refractivity contribution in [1.82, 2.24) is 0 Å². The summed E-state index contributed by atoms with van der Waals surface area (Å²) in [6.45, 7) is 0. The predicted octanol–water partition coefficient (Wildman–Crippen LogP) is 0.790. The van der Waals surface area contributed by atoms with Gasteiger partial charge in [0, 0.05) is 0 Å². The average molecular weight is 293 g/mol. The van der Waals surface area contributed by atoms with E-state index in [1.807, 2.05) is 0 Å². The molecule has 0 aromatic carbocycles. The second-order valence-corrected chi connectivity index (χ2v) is 6.20. The molecule has 0 atom stereocenters. The van der Waals surface area contributed by atoms with E-state index in [1.54, 1.807) is 0 Å². The third kappa shape index (κ3) is 2.28. The van der Waals surface area contributed by atoms with Crippen LogP contribution in [0.2, 0.25) is 0 Å². The van der Waals surface area contributed by atoms with E-state index >= 15 is 0 Å². The number of hydrogen-bond donors (Lipinski definition) is 1. The fourth-order valence-electron chi connectivity index (χ4n) is 0.355. The van der Waals surface area contributed by atoms with Gasteiger partial charge in [-0.3, -0.25) is 5.41 Å². The van der Waals surface area contributed by atoms with Gasteiger partial charge in [0.2, 0.25) is 0 Å². The largest absolute Gasteiger partial charge is 0.504 e.